The lowest BCUT2D eigenvalue weighted by Crippen LogP contribution is -2.02. The molecule has 0 aliphatic heterocycles. The molecule has 0 bridgehead atoms. The Labute approximate surface area is 166 Å². The third-order valence-electron chi connectivity index (χ3n) is 4.50. The number of fused-ring (bicyclic) bond motifs is 1. The Morgan fingerprint density at radius 1 is 1.21 bits per heavy atom. The van der Waals surface area contributed by atoms with Gasteiger partial charge in [0, 0.05) is 15.8 Å². The van der Waals surface area contributed by atoms with Crippen LogP contribution in [0.4, 0.5) is 0 Å². The zero-order valence-electron chi connectivity index (χ0n) is 15.6. The van der Waals surface area contributed by atoms with E-state index in [0.717, 1.165) is 32.6 Å². The van der Waals surface area contributed by atoms with E-state index in [-0.39, 0.29) is 5.69 Å². The molecular formula is C22H19N3O2S. The zero-order valence-corrected chi connectivity index (χ0v) is 16.4. The van der Waals surface area contributed by atoms with Crippen LogP contribution < -0.4 is 0 Å². The average molecular weight is 389 g/mol. The second-order valence-electron chi connectivity index (χ2n) is 6.33. The smallest absolute Gasteiger partial charge is 0.355 e. The monoisotopic (exact) mass is 389 g/mol. The molecule has 140 valence electrons. The average Bonchev–Trinajstić information content (AvgIpc) is 3.30. The van der Waals surface area contributed by atoms with Crippen LogP contribution in [0.1, 0.15) is 34.8 Å². The van der Waals surface area contributed by atoms with Crippen LogP contribution in [-0.2, 0) is 6.42 Å². The summed E-state index contributed by atoms with van der Waals surface area (Å²) in [6.07, 6.45) is 4.63. The number of thiazole rings is 1. The van der Waals surface area contributed by atoms with Crippen LogP contribution in [0.3, 0.4) is 0 Å². The van der Waals surface area contributed by atoms with E-state index in [4.69, 9.17) is 5.10 Å². The van der Waals surface area contributed by atoms with Crippen molar-refractivity contribution in [2.24, 2.45) is 0 Å². The van der Waals surface area contributed by atoms with Crippen molar-refractivity contribution in [3.63, 3.8) is 0 Å². The van der Waals surface area contributed by atoms with Gasteiger partial charge in [0.15, 0.2) is 5.69 Å². The molecule has 28 heavy (non-hydrogen) atoms. The largest absolute Gasteiger partial charge is 0.476 e. The molecule has 6 heteroatoms. The molecule has 2 heterocycles. The minimum Gasteiger partial charge on any atom is -0.476 e. The highest BCUT2D eigenvalue weighted by molar-refractivity contribution is 7.14. The molecule has 4 aromatic rings. The van der Waals surface area contributed by atoms with Crippen LogP contribution in [0.15, 0.2) is 54.6 Å². The molecule has 0 radical (unpaired) electrons. The van der Waals surface area contributed by atoms with Gasteiger partial charge >= 0.3 is 5.97 Å². The van der Waals surface area contributed by atoms with Crippen LogP contribution in [0.5, 0.6) is 0 Å². The molecule has 0 saturated heterocycles. The lowest BCUT2D eigenvalue weighted by Gasteiger charge is -1.99. The van der Waals surface area contributed by atoms with Crippen molar-refractivity contribution < 1.29 is 9.90 Å². The number of aryl methyl sites for hydroxylation is 1. The molecular weight excluding hydrogens is 370 g/mol. The fraction of sp³-hybridized carbons (Fsp3) is 0.136. The van der Waals surface area contributed by atoms with E-state index in [9.17, 15) is 9.90 Å². The molecule has 1 N–H and O–H groups in total. The van der Waals surface area contributed by atoms with Crippen molar-refractivity contribution >= 4 is 34.3 Å². The van der Waals surface area contributed by atoms with E-state index >= 15 is 0 Å². The summed E-state index contributed by atoms with van der Waals surface area (Å²) < 4.78 is 1.76. The summed E-state index contributed by atoms with van der Waals surface area (Å²) in [5.74, 6) is -1.01. The van der Waals surface area contributed by atoms with Crippen molar-refractivity contribution in [3.05, 3.63) is 70.7 Å². The Morgan fingerprint density at radius 3 is 2.64 bits per heavy atom. The van der Waals surface area contributed by atoms with Gasteiger partial charge in [0.2, 0.25) is 5.13 Å². The van der Waals surface area contributed by atoms with E-state index in [2.05, 4.69) is 23.2 Å². The Hall–Kier alpha value is -3.25. The summed E-state index contributed by atoms with van der Waals surface area (Å²) in [4.78, 5) is 16.7. The predicted octanol–water partition coefficient (Wildman–Crippen LogP) is 5.44. The number of aromatic nitrogens is 3. The fourth-order valence-electron chi connectivity index (χ4n) is 3.22. The minimum absolute atomic E-state index is 0.108. The lowest BCUT2D eigenvalue weighted by atomic mass is 10.1. The maximum atomic E-state index is 11.6. The van der Waals surface area contributed by atoms with Gasteiger partial charge < -0.3 is 5.11 Å². The molecule has 0 spiro atoms. The Morgan fingerprint density at radius 2 is 2.00 bits per heavy atom. The lowest BCUT2D eigenvalue weighted by molar-refractivity contribution is 0.0690. The number of rotatable bonds is 5. The number of carboxylic acids is 1. The SMILES string of the molecule is C/C=C/c1ccc2c(-c3ccccc3)nn(-c3nc(C(=O)O)c(CC)s3)c2c1. The summed E-state index contributed by atoms with van der Waals surface area (Å²) in [5.41, 5.74) is 3.94. The molecule has 2 aromatic carbocycles. The van der Waals surface area contributed by atoms with Gasteiger partial charge in [-0.1, -0.05) is 66.8 Å². The quantitative estimate of drug-likeness (QED) is 0.493. The summed E-state index contributed by atoms with van der Waals surface area (Å²) in [6.45, 7) is 3.91. The first-order valence-corrected chi connectivity index (χ1v) is 9.88. The van der Waals surface area contributed by atoms with Gasteiger partial charge in [-0.2, -0.15) is 5.10 Å². The van der Waals surface area contributed by atoms with Crippen molar-refractivity contribution in [2.45, 2.75) is 20.3 Å². The number of carboxylic acid groups (broad SMARTS) is 1. The summed E-state index contributed by atoms with van der Waals surface area (Å²) in [6, 6.07) is 16.2. The van der Waals surface area contributed by atoms with E-state index in [1.807, 2.05) is 56.3 Å². The van der Waals surface area contributed by atoms with E-state index < -0.39 is 5.97 Å². The molecule has 0 fully saturated rings. The molecule has 5 nitrogen and oxygen atoms in total. The first kappa shape index (κ1) is 18.1. The topological polar surface area (TPSA) is 68.0 Å². The van der Waals surface area contributed by atoms with Crippen LogP contribution in [0.2, 0.25) is 0 Å². The summed E-state index contributed by atoms with van der Waals surface area (Å²) in [5, 5.41) is 15.9. The Bertz CT molecular complexity index is 1190. The second-order valence-corrected chi connectivity index (χ2v) is 7.39. The molecule has 0 saturated carbocycles. The highest BCUT2D eigenvalue weighted by atomic mass is 32.1. The van der Waals surface area contributed by atoms with Crippen LogP contribution >= 0.6 is 11.3 Å². The number of allylic oxidation sites excluding steroid dienone is 1. The van der Waals surface area contributed by atoms with Crippen molar-refractivity contribution in [1.82, 2.24) is 14.8 Å². The summed E-state index contributed by atoms with van der Waals surface area (Å²) in [7, 11) is 0. The van der Waals surface area contributed by atoms with Crippen LogP contribution in [0, 0.1) is 0 Å². The van der Waals surface area contributed by atoms with Gasteiger partial charge in [-0.05, 0) is 31.0 Å². The number of nitrogens with zero attached hydrogens (tertiary/aromatic N) is 3. The fourth-order valence-corrected chi connectivity index (χ4v) is 4.18. The van der Waals surface area contributed by atoms with Gasteiger partial charge in [-0.3, -0.25) is 0 Å². The highest BCUT2D eigenvalue weighted by Crippen LogP contribution is 2.32. The number of aromatic carboxylic acids is 1. The van der Waals surface area contributed by atoms with E-state index in [1.165, 1.54) is 11.3 Å². The first-order valence-electron chi connectivity index (χ1n) is 9.06. The van der Waals surface area contributed by atoms with Crippen molar-refractivity contribution in [1.29, 1.82) is 0 Å². The Kier molecular flexibility index (Phi) is 4.79. The number of benzene rings is 2. The van der Waals surface area contributed by atoms with Crippen molar-refractivity contribution in [3.8, 4) is 16.4 Å². The van der Waals surface area contributed by atoms with Gasteiger partial charge in [0.25, 0.3) is 0 Å². The molecule has 0 atom stereocenters. The molecule has 2 aromatic heterocycles. The Balaban J connectivity index is 1.99. The van der Waals surface area contributed by atoms with Gasteiger partial charge in [0.05, 0.1) is 5.52 Å². The van der Waals surface area contributed by atoms with Gasteiger partial charge in [-0.15, -0.1) is 0 Å². The highest BCUT2D eigenvalue weighted by Gasteiger charge is 2.20. The van der Waals surface area contributed by atoms with Crippen molar-refractivity contribution in [2.75, 3.05) is 0 Å². The first-order chi connectivity index (χ1) is 13.6. The van der Waals surface area contributed by atoms with E-state index in [1.54, 1.807) is 4.68 Å². The standard InChI is InChI=1S/C22H19N3O2S/c1-3-8-14-11-12-16-17(13-14)25(24-19(16)15-9-6-5-7-10-15)22-23-20(21(26)27)18(4-2)28-22/h3,5-13H,4H2,1-2H3,(H,26,27)/b8-3+. The maximum absolute atomic E-state index is 11.6. The zero-order chi connectivity index (χ0) is 19.7. The van der Waals surface area contributed by atoms with Gasteiger partial charge in [-0.25, -0.2) is 14.5 Å². The molecule has 0 unspecified atom stereocenters. The molecule has 4 rings (SSSR count). The van der Waals surface area contributed by atoms with Gasteiger partial charge in [0.1, 0.15) is 5.69 Å². The maximum Gasteiger partial charge on any atom is 0.355 e. The minimum atomic E-state index is -1.01. The summed E-state index contributed by atoms with van der Waals surface area (Å²) >= 11 is 1.37. The number of hydrogen-bond donors (Lipinski definition) is 1. The third-order valence-corrected chi connectivity index (χ3v) is 5.68. The number of hydrogen-bond acceptors (Lipinski definition) is 4. The second kappa shape index (κ2) is 7.40. The normalized spacial score (nSPS) is 11.5. The molecule has 0 aliphatic carbocycles. The third kappa shape index (κ3) is 3.12. The molecule has 0 aliphatic rings. The predicted molar refractivity (Wildman–Crippen MR) is 113 cm³/mol. The van der Waals surface area contributed by atoms with Crippen LogP contribution in [-0.4, -0.2) is 25.8 Å². The van der Waals surface area contributed by atoms with E-state index in [0.29, 0.717) is 11.6 Å². The van der Waals surface area contributed by atoms with Crippen LogP contribution in [0.25, 0.3) is 33.4 Å². The molecule has 0 amide bonds. The number of carbonyl (C=O) groups is 1.